The molecule has 0 bridgehead atoms. The molecule has 2 heterocycles. The van der Waals surface area contributed by atoms with Crippen LogP contribution in [0.3, 0.4) is 0 Å². The standard InChI is InChI=1S/C27H21N3O2/c1-18-6-2-9-21(14-18)29-27(31)19-7-3-10-22(15-19)32-26-16-25(20-8-5-13-28-17-20)30-24-12-4-11-23(24)26/h2-11,13-17H,12H2,1H3,(H,29,31). The van der Waals surface area contributed by atoms with Gasteiger partial charge in [0.25, 0.3) is 5.91 Å². The van der Waals surface area contributed by atoms with Gasteiger partial charge in [-0.15, -0.1) is 0 Å². The highest BCUT2D eigenvalue weighted by Crippen LogP contribution is 2.35. The second-order valence-electron chi connectivity index (χ2n) is 7.67. The first-order chi connectivity index (χ1) is 15.7. The molecule has 1 aliphatic rings. The fourth-order valence-corrected chi connectivity index (χ4v) is 3.70. The molecule has 0 unspecified atom stereocenters. The van der Waals surface area contributed by atoms with Crippen LogP contribution in [0.5, 0.6) is 11.5 Å². The van der Waals surface area contributed by atoms with Crippen LogP contribution in [0.15, 0.2) is 85.2 Å². The van der Waals surface area contributed by atoms with Gasteiger partial charge in [-0.25, -0.2) is 0 Å². The van der Waals surface area contributed by atoms with Gasteiger partial charge in [-0.05, 0) is 55.0 Å². The summed E-state index contributed by atoms with van der Waals surface area (Å²) in [5.41, 5.74) is 6.05. The minimum absolute atomic E-state index is 0.183. The predicted octanol–water partition coefficient (Wildman–Crippen LogP) is 6.07. The third-order valence-corrected chi connectivity index (χ3v) is 5.25. The van der Waals surface area contributed by atoms with Gasteiger partial charge in [-0.3, -0.25) is 14.8 Å². The van der Waals surface area contributed by atoms with Crippen molar-refractivity contribution in [2.45, 2.75) is 13.3 Å². The van der Waals surface area contributed by atoms with Gasteiger partial charge >= 0.3 is 0 Å². The first kappa shape index (κ1) is 19.7. The van der Waals surface area contributed by atoms with Crippen molar-refractivity contribution in [3.05, 3.63) is 108 Å². The van der Waals surface area contributed by atoms with Crippen molar-refractivity contribution < 1.29 is 9.53 Å². The Labute approximate surface area is 186 Å². The Morgan fingerprint density at radius 1 is 1.03 bits per heavy atom. The molecule has 2 aromatic carbocycles. The molecule has 0 aliphatic heterocycles. The molecule has 2 aromatic heterocycles. The first-order valence-electron chi connectivity index (χ1n) is 10.4. The zero-order valence-corrected chi connectivity index (χ0v) is 17.6. The zero-order valence-electron chi connectivity index (χ0n) is 17.6. The van der Waals surface area contributed by atoms with Crippen molar-refractivity contribution in [1.82, 2.24) is 9.97 Å². The molecule has 32 heavy (non-hydrogen) atoms. The van der Waals surface area contributed by atoms with Crippen LogP contribution in [0.25, 0.3) is 17.3 Å². The molecule has 1 aliphatic carbocycles. The summed E-state index contributed by atoms with van der Waals surface area (Å²) in [5, 5.41) is 2.94. The smallest absolute Gasteiger partial charge is 0.255 e. The topological polar surface area (TPSA) is 64.1 Å². The fourth-order valence-electron chi connectivity index (χ4n) is 3.70. The molecule has 156 valence electrons. The minimum Gasteiger partial charge on any atom is -0.457 e. The lowest BCUT2D eigenvalue weighted by atomic mass is 10.1. The fraction of sp³-hybridized carbons (Fsp3) is 0.0741. The summed E-state index contributed by atoms with van der Waals surface area (Å²) in [6, 6.07) is 20.7. The lowest BCUT2D eigenvalue weighted by Crippen LogP contribution is -2.11. The van der Waals surface area contributed by atoms with Crippen LogP contribution < -0.4 is 10.1 Å². The number of aryl methyl sites for hydroxylation is 1. The summed E-state index contributed by atoms with van der Waals surface area (Å²) in [6.45, 7) is 1.99. The van der Waals surface area contributed by atoms with E-state index in [4.69, 9.17) is 9.72 Å². The number of rotatable bonds is 5. The number of amides is 1. The number of hydrogen-bond acceptors (Lipinski definition) is 4. The Kier molecular flexibility index (Phi) is 5.22. The second-order valence-corrected chi connectivity index (χ2v) is 7.67. The predicted molar refractivity (Wildman–Crippen MR) is 126 cm³/mol. The third-order valence-electron chi connectivity index (χ3n) is 5.25. The van der Waals surface area contributed by atoms with E-state index in [9.17, 15) is 4.79 Å². The van der Waals surface area contributed by atoms with Crippen LogP contribution in [-0.2, 0) is 6.42 Å². The van der Waals surface area contributed by atoms with Crippen LogP contribution in [0.4, 0.5) is 5.69 Å². The molecular formula is C27H21N3O2. The number of ether oxygens (including phenoxy) is 1. The maximum Gasteiger partial charge on any atom is 0.255 e. The van der Waals surface area contributed by atoms with Gasteiger partial charge in [0.2, 0.25) is 0 Å². The summed E-state index contributed by atoms with van der Waals surface area (Å²) in [5.74, 6) is 1.11. The van der Waals surface area contributed by atoms with E-state index in [2.05, 4.69) is 16.4 Å². The monoisotopic (exact) mass is 419 g/mol. The van der Waals surface area contributed by atoms with Crippen LogP contribution in [0, 0.1) is 6.92 Å². The highest BCUT2D eigenvalue weighted by Gasteiger charge is 2.17. The van der Waals surface area contributed by atoms with Crippen molar-refractivity contribution in [1.29, 1.82) is 0 Å². The number of hydrogen-bond donors (Lipinski definition) is 1. The van der Waals surface area contributed by atoms with Crippen LogP contribution in [0.2, 0.25) is 0 Å². The Morgan fingerprint density at radius 3 is 2.78 bits per heavy atom. The Bertz CT molecular complexity index is 1330. The molecule has 5 rings (SSSR count). The summed E-state index contributed by atoms with van der Waals surface area (Å²) in [6.07, 6.45) is 8.39. The molecule has 4 aromatic rings. The van der Waals surface area contributed by atoms with Crippen molar-refractivity contribution in [2.75, 3.05) is 5.32 Å². The number of pyridine rings is 2. The van der Waals surface area contributed by atoms with E-state index < -0.39 is 0 Å². The van der Waals surface area contributed by atoms with Crippen LogP contribution in [-0.4, -0.2) is 15.9 Å². The quantitative estimate of drug-likeness (QED) is 0.427. The summed E-state index contributed by atoms with van der Waals surface area (Å²) in [7, 11) is 0. The molecule has 0 fully saturated rings. The molecule has 5 nitrogen and oxygen atoms in total. The number of allylic oxidation sites excluding steroid dienone is 1. The maximum atomic E-state index is 12.8. The highest BCUT2D eigenvalue weighted by molar-refractivity contribution is 6.04. The number of carbonyl (C=O) groups is 1. The minimum atomic E-state index is -0.183. The van der Waals surface area contributed by atoms with Gasteiger partial charge in [0.1, 0.15) is 11.5 Å². The van der Waals surface area contributed by atoms with Gasteiger partial charge in [0.15, 0.2) is 0 Å². The van der Waals surface area contributed by atoms with Crippen LogP contribution >= 0.6 is 0 Å². The highest BCUT2D eigenvalue weighted by atomic mass is 16.5. The second kappa shape index (κ2) is 8.47. The normalized spacial score (nSPS) is 11.8. The van der Waals surface area contributed by atoms with E-state index in [0.717, 1.165) is 40.2 Å². The SMILES string of the molecule is Cc1cccc(NC(=O)c2cccc(Oc3cc(-c4cccnc4)nc4c3C=CC4)c2)c1. The average Bonchev–Trinajstić information content (AvgIpc) is 3.29. The van der Waals surface area contributed by atoms with E-state index >= 15 is 0 Å². The van der Waals surface area contributed by atoms with Gasteiger partial charge in [-0.1, -0.05) is 30.4 Å². The van der Waals surface area contributed by atoms with E-state index in [0.29, 0.717) is 17.1 Å². The lowest BCUT2D eigenvalue weighted by molar-refractivity contribution is 0.102. The third kappa shape index (κ3) is 4.14. The number of fused-ring (bicyclic) bond motifs is 1. The number of anilines is 1. The molecule has 5 heteroatoms. The molecule has 0 spiro atoms. The summed E-state index contributed by atoms with van der Waals surface area (Å²) < 4.78 is 6.25. The molecular weight excluding hydrogens is 398 g/mol. The Morgan fingerprint density at radius 2 is 1.94 bits per heavy atom. The van der Waals surface area contributed by atoms with Crippen molar-refractivity contribution in [2.24, 2.45) is 0 Å². The van der Waals surface area contributed by atoms with E-state index in [1.807, 2.05) is 67.6 Å². The molecule has 0 saturated heterocycles. The molecule has 0 saturated carbocycles. The molecule has 1 N–H and O–H groups in total. The van der Waals surface area contributed by atoms with Crippen LogP contribution in [0.1, 0.15) is 27.2 Å². The average molecular weight is 419 g/mol. The Hall–Kier alpha value is -4.25. The molecule has 0 radical (unpaired) electrons. The van der Waals surface area contributed by atoms with E-state index in [-0.39, 0.29) is 5.91 Å². The maximum absolute atomic E-state index is 12.8. The van der Waals surface area contributed by atoms with Gasteiger partial charge in [0, 0.05) is 47.3 Å². The lowest BCUT2D eigenvalue weighted by Gasteiger charge is -2.13. The van der Waals surface area contributed by atoms with E-state index in [1.165, 1.54) is 0 Å². The molecule has 1 amide bonds. The summed E-state index contributed by atoms with van der Waals surface area (Å²) >= 11 is 0. The number of aromatic nitrogens is 2. The zero-order chi connectivity index (χ0) is 21.9. The van der Waals surface area contributed by atoms with E-state index in [1.54, 1.807) is 24.5 Å². The van der Waals surface area contributed by atoms with Gasteiger partial charge in [0.05, 0.1) is 11.4 Å². The van der Waals surface area contributed by atoms with Crippen molar-refractivity contribution >= 4 is 17.7 Å². The van der Waals surface area contributed by atoms with Gasteiger partial charge < -0.3 is 10.1 Å². The Balaban J connectivity index is 1.43. The first-order valence-corrected chi connectivity index (χ1v) is 10.4. The number of benzene rings is 2. The number of carbonyl (C=O) groups excluding carboxylic acids is 1. The largest absolute Gasteiger partial charge is 0.457 e. The summed E-state index contributed by atoms with van der Waals surface area (Å²) in [4.78, 5) is 21.7. The number of nitrogens with zero attached hydrogens (tertiary/aromatic N) is 2. The molecule has 0 atom stereocenters. The van der Waals surface area contributed by atoms with Crippen molar-refractivity contribution in [3.8, 4) is 22.8 Å². The van der Waals surface area contributed by atoms with Gasteiger partial charge in [-0.2, -0.15) is 0 Å². The van der Waals surface area contributed by atoms with Crippen molar-refractivity contribution in [3.63, 3.8) is 0 Å². The number of nitrogens with one attached hydrogen (secondary N) is 1.